The van der Waals surface area contributed by atoms with E-state index >= 15 is 0 Å². The Morgan fingerprint density at radius 1 is 0.889 bits per heavy atom. The van der Waals surface area contributed by atoms with E-state index in [-0.39, 0.29) is 17.2 Å². The Kier molecular flexibility index (Phi) is 5.54. The molecule has 0 saturated carbocycles. The number of ether oxygens (including phenoxy) is 1. The van der Waals surface area contributed by atoms with Crippen molar-refractivity contribution in [1.82, 2.24) is 9.80 Å². The number of piperazine rings is 1. The minimum Gasteiger partial charge on any atom is -0.434 e. The number of rotatable bonds is 4. The van der Waals surface area contributed by atoms with E-state index in [0.29, 0.717) is 37.4 Å². The Balaban J connectivity index is 1.64. The molecule has 0 unspecified atom stereocenters. The van der Waals surface area contributed by atoms with Gasteiger partial charge in [0, 0.05) is 37.4 Å². The number of para-hydroxylation sites is 1. The quantitative estimate of drug-likeness (QED) is 0.833. The van der Waals surface area contributed by atoms with Crippen LogP contribution in [-0.2, 0) is 0 Å². The summed E-state index contributed by atoms with van der Waals surface area (Å²) in [5.41, 5.74) is 6.81. The molecular formula is C19H19F2N3O3. The summed E-state index contributed by atoms with van der Waals surface area (Å²) in [6.45, 7) is -1.68. The van der Waals surface area contributed by atoms with Gasteiger partial charge < -0.3 is 20.3 Å². The van der Waals surface area contributed by atoms with Crippen LogP contribution in [0.15, 0.2) is 48.5 Å². The number of carbonyl (C=O) groups is 2. The van der Waals surface area contributed by atoms with Crippen LogP contribution in [0.3, 0.4) is 0 Å². The molecule has 6 nitrogen and oxygen atoms in total. The molecule has 1 saturated heterocycles. The number of halogens is 2. The molecule has 8 heteroatoms. The smallest absolute Gasteiger partial charge is 0.387 e. The molecule has 0 spiro atoms. The van der Waals surface area contributed by atoms with Gasteiger partial charge >= 0.3 is 6.61 Å². The summed E-state index contributed by atoms with van der Waals surface area (Å²) >= 11 is 0. The van der Waals surface area contributed by atoms with Crippen LogP contribution in [0.25, 0.3) is 0 Å². The number of nitrogens with zero attached hydrogens (tertiary/aromatic N) is 2. The fourth-order valence-corrected chi connectivity index (χ4v) is 2.93. The largest absolute Gasteiger partial charge is 0.434 e. The highest BCUT2D eigenvalue weighted by Gasteiger charge is 2.27. The zero-order valence-electron chi connectivity index (χ0n) is 14.5. The maximum Gasteiger partial charge on any atom is 0.387 e. The van der Waals surface area contributed by atoms with E-state index in [1.165, 1.54) is 23.1 Å². The lowest BCUT2D eigenvalue weighted by Crippen LogP contribution is -2.50. The lowest BCUT2D eigenvalue weighted by Gasteiger charge is -2.35. The number of amides is 2. The zero-order valence-corrected chi connectivity index (χ0v) is 14.5. The Labute approximate surface area is 155 Å². The predicted molar refractivity (Wildman–Crippen MR) is 95.7 cm³/mol. The molecule has 0 aromatic heterocycles. The summed E-state index contributed by atoms with van der Waals surface area (Å²) < 4.78 is 29.5. The molecule has 2 N–H and O–H groups in total. The van der Waals surface area contributed by atoms with Crippen LogP contribution in [-0.4, -0.2) is 54.4 Å². The standard InChI is InChI=1S/C19H19F2N3O3/c20-19(21)27-16-4-2-1-3-15(16)18(26)24-11-9-23(10-12-24)17(25)13-5-7-14(22)8-6-13/h1-8,19H,9-12,22H2. The van der Waals surface area contributed by atoms with E-state index in [9.17, 15) is 18.4 Å². The van der Waals surface area contributed by atoms with Crippen molar-refractivity contribution in [2.45, 2.75) is 6.61 Å². The number of carbonyl (C=O) groups excluding carboxylic acids is 2. The van der Waals surface area contributed by atoms with E-state index in [1.807, 2.05) is 0 Å². The van der Waals surface area contributed by atoms with Gasteiger partial charge in [0.05, 0.1) is 5.56 Å². The summed E-state index contributed by atoms with van der Waals surface area (Å²) in [5, 5.41) is 0. The van der Waals surface area contributed by atoms with Gasteiger partial charge in [-0.3, -0.25) is 9.59 Å². The van der Waals surface area contributed by atoms with Crippen LogP contribution in [0.5, 0.6) is 5.75 Å². The Hall–Kier alpha value is -3.16. The van der Waals surface area contributed by atoms with Crippen molar-refractivity contribution in [2.24, 2.45) is 0 Å². The van der Waals surface area contributed by atoms with Crippen LogP contribution in [0.1, 0.15) is 20.7 Å². The van der Waals surface area contributed by atoms with Crippen LogP contribution in [0.4, 0.5) is 14.5 Å². The molecule has 1 heterocycles. The molecule has 2 aromatic rings. The molecule has 0 aliphatic carbocycles. The number of hydrogen-bond donors (Lipinski definition) is 1. The topological polar surface area (TPSA) is 75.9 Å². The Morgan fingerprint density at radius 3 is 2.04 bits per heavy atom. The van der Waals surface area contributed by atoms with Crippen molar-refractivity contribution in [3.63, 3.8) is 0 Å². The Morgan fingerprint density at radius 2 is 1.44 bits per heavy atom. The summed E-state index contributed by atoms with van der Waals surface area (Å²) in [5.74, 6) is -0.688. The van der Waals surface area contributed by atoms with Crippen molar-refractivity contribution in [3.05, 3.63) is 59.7 Å². The number of alkyl halides is 2. The van der Waals surface area contributed by atoms with Gasteiger partial charge in [-0.05, 0) is 36.4 Å². The zero-order chi connectivity index (χ0) is 19.4. The fraction of sp³-hybridized carbons (Fsp3) is 0.263. The average Bonchev–Trinajstić information content (AvgIpc) is 2.68. The van der Waals surface area contributed by atoms with E-state index in [4.69, 9.17) is 5.73 Å². The monoisotopic (exact) mass is 375 g/mol. The van der Waals surface area contributed by atoms with E-state index in [0.717, 1.165) is 0 Å². The first-order chi connectivity index (χ1) is 13.0. The third kappa shape index (κ3) is 4.33. The predicted octanol–water partition coefficient (Wildman–Crippen LogP) is 2.47. The van der Waals surface area contributed by atoms with Crippen molar-refractivity contribution in [2.75, 3.05) is 31.9 Å². The summed E-state index contributed by atoms with van der Waals surface area (Å²) in [6.07, 6.45) is 0. The van der Waals surface area contributed by atoms with Crippen molar-refractivity contribution in [1.29, 1.82) is 0 Å². The van der Waals surface area contributed by atoms with Gasteiger partial charge in [0.15, 0.2) is 0 Å². The van der Waals surface area contributed by atoms with E-state index < -0.39 is 12.5 Å². The first kappa shape index (κ1) is 18.6. The molecule has 0 atom stereocenters. The number of nitrogens with two attached hydrogens (primary N) is 1. The second-order valence-corrected chi connectivity index (χ2v) is 6.08. The number of hydrogen-bond acceptors (Lipinski definition) is 4. The highest BCUT2D eigenvalue weighted by Crippen LogP contribution is 2.22. The van der Waals surface area contributed by atoms with Crippen LogP contribution in [0, 0.1) is 0 Å². The third-order valence-corrected chi connectivity index (χ3v) is 4.35. The average molecular weight is 375 g/mol. The van der Waals surface area contributed by atoms with Gasteiger partial charge in [-0.25, -0.2) is 0 Å². The molecule has 2 amide bonds. The number of benzene rings is 2. The minimum absolute atomic E-state index is 0.0797. The normalized spacial score (nSPS) is 14.3. The highest BCUT2D eigenvalue weighted by atomic mass is 19.3. The van der Waals surface area contributed by atoms with Gasteiger partial charge in [-0.15, -0.1) is 0 Å². The molecule has 0 radical (unpaired) electrons. The Bertz CT molecular complexity index is 819. The SMILES string of the molecule is Nc1ccc(C(=O)N2CCN(C(=O)c3ccccc3OC(F)F)CC2)cc1. The minimum atomic E-state index is -3.01. The van der Waals surface area contributed by atoms with Crippen molar-refractivity contribution >= 4 is 17.5 Å². The first-order valence-corrected chi connectivity index (χ1v) is 8.43. The molecule has 2 aromatic carbocycles. The lowest BCUT2D eigenvalue weighted by molar-refractivity contribution is -0.0503. The summed E-state index contributed by atoms with van der Waals surface area (Å²) in [6, 6.07) is 12.5. The molecular weight excluding hydrogens is 356 g/mol. The van der Waals surface area contributed by atoms with Crippen LogP contribution >= 0.6 is 0 Å². The molecule has 0 bridgehead atoms. The second kappa shape index (κ2) is 8.03. The molecule has 27 heavy (non-hydrogen) atoms. The van der Waals surface area contributed by atoms with Gasteiger partial charge in [0.25, 0.3) is 11.8 Å². The van der Waals surface area contributed by atoms with Crippen LogP contribution < -0.4 is 10.5 Å². The summed E-state index contributed by atoms with van der Waals surface area (Å²) in [4.78, 5) is 28.4. The molecule has 1 aliphatic heterocycles. The maximum atomic E-state index is 12.7. The summed E-state index contributed by atoms with van der Waals surface area (Å²) in [7, 11) is 0. The molecule has 1 fully saturated rings. The number of nitrogen functional groups attached to an aromatic ring is 1. The van der Waals surface area contributed by atoms with Crippen LogP contribution in [0.2, 0.25) is 0 Å². The van der Waals surface area contributed by atoms with Gasteiger partial charge in [-0.2, -0.15) is 8.78 Å². The second-order valence-electron chi connectivity index (χ2n) is 6.08. The van der Waals surface area contributed by atoms with Gasteiger partial charge in [0.1, 0.15) is 5.75 Å². The molecule has 3 rings (SSSR count). The lowest BCUT2D eigenvalue weighted by atomic mass is 10.1. The van der Waals surface area contributed by atoms with E-state index in [2.05, 4.69) is 4.74 Å². The van der Waals surface area contributed by atoms with Gasteiger partial charge in [0.2, 0.25) is 0 Å². The highest BCUT2D eigenvalue weighted by molar-refractivity contribution is 5.97. The maximum absolute atomic E-state index is 12.7. The third-order valence-electron chi connectivity index (χ3n) is 4.35. The van der Waals surface area contributed by atoms with Gasteiger partial charge in [-0.1, -0.05) is 12.1 Å². The first-order valence-electron chi connectivity index (χ1n) is 8.43. The fourth-order valence-electron chi connectivity index (χ4n) is 2.93. The van der Waals surface area contributed by atoms with Crippen molar-refractivity contribution < 1.29 is 23.1 Å². The molecule has 1 aliphatic rings. The number of anilines is 1. The van der Waals surface area contributed by atoms with E-state index in [1.54, 1.807) is 35.2 Å². The van der Waals surface area contributed by atoms with Crippen molar-refractivity contribution in [3.8, 4) is 5.75 Å². The molecule has 142 valence electrons.